The van der Waals surface area contributed by atoms with E-state index >= 15 is 0 Å². The number of primary sulfonamides is 1. The molecule has 0 spiro atoms. The number of hydrogen-bond donors (Lipinski definition) is 1. The van der Waals surface area contributed by atoms with Crippen molar-refractivity contribution >= 4 is 15.8 Å². The molecule has 1 aliphatic rings. The molecule has 5 heteroatoms. The van der Waals surface area contributed by atoms with Crippen molar-refractivity contribution in [1.29, 1.82) is 0 Å². The summed E-state index contributed by atoms with van der Waals surface area (Å²) in [4.78, 5) is 11.7. The van der Waals surface area contributed by atoms with Crippen molar-refractivity contribution in [2.24, 2.45) is 11.1 Å². The van der Waals surface area contributed by atoms with Gasteiger partial charge < -0.3 is 0 Å². The van der Waals surface area contributed by atoms with Crippen LogP contribution in [0.1, 0.15) is 18.4 Å². The summed E-state index contributed by atoms with van der Waals surface area (Å²) in [5.41, 5.74) is 0.502. The Bertz CT molecular complexity index is 518. The molecule has 1 aliphatic carbocycles. The van der Waals surface area contributed by atoms with Gasteiger partial charge >= 0.3 is 0 Å². The predicted octanol–water partition coefficient (Wildman–Crippen LogP) is 0.856. The number of Topliss-reactive ketones (excluding diaryl/α,β-unsaturated/α-hetero) is 1. The number of carbonyl (C=O) groups excluding carboxylic acids is 1. The van der Waals surface area contributed by atoms with Crippen molar-refractivity contribution < 1.29 is 13.2 Å². The number of sulfonamides is 1. The first-order chi connectivity index (χ1) is 7.48. The van der Waals surface area contributed by atoms with Gasteiger partial charge in [0, 0.05) is 12.3 Å². The molecule has 0 radical (unpaired) electrons. The molecule has 1 fully saturated rings. The standard InChI is InChI=1S/C11H13NO3S/c12-16(14,15)11-4-2-1-3-9(11)7-10(13)8-5-6-8/h1-4,8H,5-7H2,(H2,12,14,15). The highest BCUT2D eigenvalue weighted by Gasteiger charge is 2.30. The fourth-order valence-corrected chi connectivity index (χ4v) is 2.44. The van der Waals surface area contributed by atoms with E-state index in [-0.39, 0.29) is 23.0 Å². The lowest BCUT2D eigenvalue weighted by Gasteiger charge is -2.06. The molecule has 0 aliphatic heterocycles. The second-order valence-electron chi connectivity index (χ2n) is 4.07. The van der Waals surface area contributed by atoms with Crippen LogP contribution in [0.2, 0.25) is 0 Å². The first-order valence-corrected chi connectivity index (χ1v) is 6.66. The van der Waals surface area contributed by atoms with Crippen LogP contribution in [0.5, 0.6) is 0 Å². The van der Waals surface area contributed by atoms with Gasteiger partial charge in [0.15, 0.2) is 0 Å². The number of carbonyl (C=O) groups is 1. The number of rotatable bonds is 4. The van der Waals surface area contributed by atoms with Crippen molar-refractivity contribution in [3.8, 4) is 0 Å². The van der Waals surface area contributed by atoms with Crippen molar-refractivity contribution in [3.63, 3.8) is 0 Å². The van der Waals surface area contributed by atoms with Crippen molar-refractivity contribution in [3.05, 3.63) is 29.8 Å². The van der Waals surface area contributed by atoms with Gasteiger partial charge in [-0.3, -0.25) is 4.79 Å². The third-order valence-corrected chi connectivity index (χ3v) is 3.69. The molecule has 0 heterocycles. The van der Waals surface area contributed by atoms with E-state index in [9.17, 15) is 13.2 Å². The molecule has 1 aromatic carbocycles. The van der Waals surface area contributed by atoms with Crippen molar-refractivity contribution in [1.82, 2.24) is 0 Å². The highest BCUT2D eigenvalue weighted by molar-refractivity contribution is 7.89. The molecule has 2 rings (SSSR count). The van der Waals surface area contributed by atoms with Gasteiger partial charge in [0.05, 0.1) is 4.90 Å². The Morgan fingerprint density at radius 1 is 1.31 bits per heavy atom. The first-order valence-electron chi connectivity index (χ1n) is 5.12. The minimum absolute atomic E-state index is 0.0593. The minimum atomic E-state index is -3.74. The van der Waals surface area contributed by atoms with Gasteiger partial charge in [-0.1, -0.05) is 18.2 Å². The van der Waals surface area contributed by atoms with Crippen LogP contribution < -0.4 is 5.14 Å². The second-order valence-corrected chi connectivity index (χ2v) is 5.60. The van der Waals surface area contributed by atoms with E-state index in [2.05, 4.69) is 0 Å². The molecule has 2 N–H and O–H groups in total. The Kier molecular flexibility index (Phi) is 2.82. The largest absolute Gasteiger partial charge is 0.299 e. The lowest BCUT2D eigenvalue weighted by atomic mass is 10.1. The zero-order valence-corrected chi connectivity index (χ0v) is 9.53. The molecule has 0 bridgehead atoms. The van der Waals surface area contributed by atoms with E-state index in [0.29, 0.717) is 5.56 Å². The summed E-state index contributed by atoms with van der Waals surface area (Å²) in [7, 11) is -3.74. The normalized spacial score (nSPS) is 16.1. The maximum Gasteiger partial charge on any atom is 0.238 e. The van der Waals surface area contributed by atoms with Gasteiger partial charge in [-0.25, -0.2) is 13.6 Å². The lowest BCUT2D eigenvalue weighted by molar-refractivity contribution is -0.119. The molecule has 1 saturated carbocycles. The third-order valence-electron chi connectivity index (χ3n) is 2.68. The monoisotopic (exact) mass is 239 g/mol. The van der Waals surface area contributed by atoms with E-state index in [1.807, 2.05) is 0 Å². The topological polar surface area (TPSA) is 77.2 Å². The van der Waals surface area contributed by atoms with E-state index in [4.69, 9.17) is 5.14 Å². The van der Waals surface area contributed by atoms with Gasteiger partial charge in [-0.15, -0.1) is 0 Å². The van der Waals surface area contributed by atoms with E-state index in [1.54, 1.807) is 18.2 Å². The van der Waals surface area contributed by atoms with E-state index in [0.717, 1.165) is 12.8 Å². The molecule has 0 unspecified atom stereocenters. The fraction of sp³-hybridized carbons (Fsp3) is 0.364. The zero-order chi connectivity index (χ0) is 11.8. The summed E-state index contributed by atoms with van der Waals surface area (Å²) >= 11 is 0. The van der Waals surface area contributed by atoms with Crippen LogP contribution in [0.3, 0.4) is 0 Å². The van der Waals surface area contributed by atoms with Crippen LogP contribution in [0.25, 0.3) is 0 Å². The van der Waals surface area contributed by atoms with Crippen LogP contribution in [-0.4, -0.2) is 14.2 Å². The highest BCUT2D eigenvalue weighted by atomic mass is 32.2. The zero-order valence-electron chi connectivity index (χ0n) is 8.72. The molecule has 0 atom stereocenters. The number of nitrogens with two attached hydrogens (primary N) is 1. The summed E-state index contributed by atoms with van der Waals surface area (Å²) in [5, 5.41) is 5.09. The summed E-state index contributed by atoms with van der Waals surface area (Å²) in [6.07, 6.45) is 2.02. The molecule has 0 aromatic heterocycles. The van der Waals surface area contributed by atoms with Gasteiger partial charge in [0.1, 0.15) is 5.78 Å². The molecular weight excluding hydrogens is 226 g/mol. The highest BCUT2D eigenvalue weighted by Crippen LogP contribution is 2.31. The Balaban J connectivity index is 2.29. The second kappa shape index (κ2) is 3.99. The number of hydrogen-bond acceptors (Lipinski definition) is 3. The molecule has 4 nitrogen and oxygen atoms in total. The van der Waals surface area contributed by atoms with Crippen LogP contribution in [0.15, 0.2) is 29.2 Å². The average molecular weight is 239 g/mol. The van der Waals surface area contributed by atoms with E-state index < -0.39 is 10.0 Å². The Hall–Kier alpha value is -1.20. The quantitative estimate of drug-likeness (QED) is 0.846. The van der Waals surface area contributed by atoms with Crippen molar-refractivity contribution in [2.45, 2.75) is 24.2 Å². The van der Waals surface area contributed by atoms with Crippen LogP contribution in [0.4, 0.5) is 0 Å². The predicted molar refractivity (Wildman–Crippen MR) is 59.3 cm³/mol. The summed E-state index contributed by atoms with van der Waals surface area (Å²) < 4.78 is 22.6. The molecular formula is C11H13NO3S. The van der Waals surface area contributed by atoms with E-state index in [1.165, 1.54) is 6.07 Å². The Morgan fingerprint density at radius 3 is 2.50 bits per heavy atom. The number of benzene rings is 1. The van der Waals surface area contributed by atoms with Crippen molar-refractivity contribution in [2.75, 3.05) is 0 Å². The van der Waals surface area contributed by atoms with Gasteiger partial charge in [0.25, 0.3) is 0 Å². The Labute approximate surface area is 94.5 Å². The average Bonchev–Trinajstić information content (AvgIpc) is 2.99. The molecule has 0 amide bonds. The summed E-state index contributed by atoms with van der Waals surface area (Å²) in [5.74, 6) is 0.240. The first kappa shape index (κ1) is 11.3. The van der Waals surface area contributed by atoms with Gasteiger partial charge in [0.2, 0.25) is 10.0 Å². The molecule has 0 saturated heterocycles. The SMILES string of the molecule is NS(=O)(=O)c1ccccc1CC(=O)C1CC1. The third kappa shape index (κ3) is 2.48. The lowest BCUT2D eigenvalue weighted by Crippen LogP contribution is -2.16. The maximum absolute atomic E-state index is 11.6. The smallest absolute Gasteiger partial charge is 0.238 e. The minimum Gasteiger partial charge on any atom is -0.299 e. The van der Waals surface area contributed by atoms with Gasteiger partial charge in [-0.05, 0) is 24.5 Å². The molecule has 1 aromatic rings. The summed E-state index contributed by atoms with van der Waals surface area (Å²) in [6.45, 7) is 0. The summed E-state index contributed by atoms with van der Waals surface area (Å²) in [6, 6.07) is 6.39. The number of ketones is 1. The molecule has 86 valence electrons. The fourth-order valence-electron chi connectivity index (χ4n) is 1.66. The maximum atomic E-state index is 11.6. The Morgan fingerprint density at radius 2 is 1.94 bits per heavy atom. The van der Waals surface area contributed by atoms with Crippen LogP contribution >= 0.6 is 0 Å². The molecule has 16 heavy (non-hydrogen) atoms. The van der Waals surface area contributed by atoms with Gasteiger partial charge in [-0.2, -0.15) is 0 Å². The van der Waals surface area contributed by atoms with Crippen LogP contribution in [0, 0.1) is 5.92 Å². The van der Waals surface area contributed by atoms with Crippen LogP contribution in [-0.2, 0) is 21.2 Å².